The van der Waals surface area contributed by atoms with E-state index in [9.17, 15) is 0 Å². The van der Waals surface area contributed by atoms with Gasteiger partial charge in [-0.3, -0.25) is 0 Å². The monoisotopic (exact) mass is 145 g/mol. The van der Waals surface area contributed by atoms with Crippen LogP contribution in [0.2, 0.25) is 0 Å². The van der Waals surface area contributed by atoms with Crippen LogP contribution in [0.15, 0.2) is 24.3 Å². The van der Waals surface area contributed by atoms with Gasteiger partial charge in [0.1, 0.15) is 0 Å². The SMILES string of the molecule is Bn1nc(N)c2ccccc21. The van der Waals surface area contributed by atoms with Gasteiger partial charge in [-0.05, 0) is 12.1 Å². The van der Waals surface area contributed by atoms with E-state index < -0.39 is 0 Å². The molecule has 2 aromatic rings. The lowest BCUT2D eigenvalue weighted by Gasteiger charge is -1.90. The second-order valence-corrected chi connectivity index (χ2v) is 2.53. The summed E-state index contributed by atoms with van der Waals surface area (Å²) in [5.41, 5.74) is 6.72. The fraction of sp³-hybridized carbons (Fsp3) is 0. The maximum atomic E-state index is 5.65. The molecule has 0 atom stereocenters. The van der Waals surface area contributed by atoms with Gasteiger partial charge in [-0.1, -0.05) is 12.1 Å². The average molecular weight is 145 g/mol. The van der Waals surface area contributed by atoms with Gasteiger partial charge in [-0.2, -0.15) is 5.10 Å². The number of fused-ring (bicyclic) bond motifs is 1. The average Bonchev–Trinajstić information content (AvgIpc) is 2.30. The molecule has 1 aromatic heterocycles. The maximum Gasteiger partial charge on any atom is 0.249 e. The highest BCUT2D eigenvalue weighted by Gasteiger charge is 2.01. The predicted molar refractivity (Wildman–Crippen MR) is 48.1 cm³/mol. The van der Waals surface area contributed by atoms with Crippen molar-refractivity contribution in [3.63, 3.8) is 0 Å². The zero-order chi connectivity index (χ0) is 7.84. The van der Waals surface area contributed by atoms with Gasteiger partial charge in [0.2, 0.25) is 7.98 Å². The van der Waals surface area contributed by atoms with Gasteiger partial charge in [-0.25, -0.2) is 0 Å². The third-order valence-corrected chi connectivity index (χ3v) is 1.79. The Bertz CT molecular complexity index is 357. The second-order valence-electron chi connectivity index (χ2n) is 2.53. The summed E-state index contributed by atoms with van der Waals surface area (Å²) in [6.45, 7) is 0. The topological polar surface area (TPSA) is 43.8 Å². The predicted octanol–water partition coefficient (Wildman–Crippen LogP) is 0.0147. The van der Waals surface area contributed by atoms with Crippen LogP contribution in [0.5, 0.6) is 0 Å². The third kappa shape index (κ3) is 0.791. The number of para-hydroxylation sites is 1. The molecule has 0 aliphatic carbocycles. The Balaban J connectivity index is 2.95. The Hall–Kier alpha value is -1.45. The van der Waals surface area contributed by atoms with Gasteiger partial charge < -0.3 is 10.3 Å². The number of nitrogen functional groups attached to an aromatic ring is 1. The molecular formula is C7H8BN3. The van der Waals surface area contributed by atoms with Crippen molar-refractivity contribution in [1.82, 2.24) is 9.69 Å². The Labute approximate surface area is 65.2 Å². The molecule has 11 heavy (non-hydrogen) atoms. The van der Waals surface area contributed by atoms with Crippen LogP contribution < -0.4 is 5.73 Å². The van der Waals surface area contributed by atoms with Crippen LogP contribution in [-0.4, -0.2) is 17.7 Å². The number of rotatable bonds is 0. The normalized spacial score (nSPS) is 10.5. The van der Waals surface area contributed by atoms with Crippen LogP contribution in [-0.2, 0) is 0 Å². The summed E-state index contributed by atoms with van der Waals surface area (Å²) < 4.78 is 1.78. The first-order chi connectivity index (χ1) is 5.29. The molecule has 2 rings (SSSR count). The first kappa shape index (κ1) is 6.28. The van der Waals surface area contributed by atoms with Crippen molar-refractivity contribution < 1.29 is 0 Å². The summed E-state index contributed by atoms with van der Waals surface area (Å²) in [5.74, 6) is 0.600. The minimum atomic E-state index is 0.600. The van der Waals surface area contributed by atoms with E-state index in [0.717, 1.165) is 10.9 Å². The molecule has 0 aliphatic rings. The molecule has 54 valence electrons. The lowest BCUT2D eigenvalue weighted by Crippen LogP contribution is -1.93. The molecule has 0 saturated heterocycles. The third-order valence-electron chi connectivity index (χ3n) is 1.79. The summed E-state index contributed by atoms with van der Waals surface area (Å²) in [5, 5.41) is 5.11. The summed E-state index contributed by atoms with van der Waals surface area (Å²) in [6.07, 6.45) is 0. The zero-order valence-electron chi connectivity index (χ0n) is 6.28. The van der Waals surface area contributed by atoms with Gasteiger partial charge in [0, 0.05) is 5.39 Å². The highest BCUT2D eigenvalue weighted by atomic mass is 15.2. The fourth-order valence-corrected chi connectivity index (χ4v) is 1.24. The van der Waals surface area contributed by atoms with E-state index in [1.807, 2.05) is 32.2 Å². The largest absolute Gasteiger partial charge is 0.382 e. The molecule has 0 bridgehead atoms. The Kier molecular flexibility index (Phi) is 1.15. The maximum absolute atomic E-state index is 5.65. The summed E-state index contributed by atoms with van der Waals surface area (Å²) in [7, 11) is 1.89. The van der Waals surface area contributed by atoms with E-state index in [4.69, 9.17) is 5.73 Å². The van der Waals surface area contributed by atoms with E-state index in [0.29, 0.717) is 5.82 Å². The van der Waals surface area contributed by atoms with Gasteiger partial charge >= 0.3 is 0 Å². The zero-order valence-corrected chi connectivity index (χ0v) is 6.28. The Morgan fingerprint density at radius 3 is 2.82 bits per heavy atom. The number of hydrogen-bond donors (Lipinski definition) is 1. The van der Waals surface area contributed by atoms with Crippen molar-refractivity contribution >= 4 is 24.7 Å². The first-order valence-corrected chi connectivity index (χ1v) is 3.46. The van der Waals surface area contributed by atoms with Crippen molar-refractivity contribution in [2.24, 2.45) is 0 Å². The molecule has 0 aliphatic heterocycles. The summed E-state index contributed by atoms with van der Waals surface area (Å²) >= 11 is 0. The van der Waals surface area contributed by atoms with E-state index in [2.05, 4.69) is 5.10 Å². The molecule has 3 nitrogen and oxygen atoms in total. The van der Waals surface area contributed by atoms with Crippen LogP contribution in [0.3, 0.4) is 0 Å². The van der Waals surface area contributed by atoms with Crippen LogP contribution in [0.1, 0.15) is 0 Å². The van der Waals surface area contributed by atoms with Crippen molar-refractivity contribution in [2.75, 3.05) is 5.73 Å². The van der Waals surface area contributed by atoms with Crippen LogP contribution in [0, 0.1) is 0 Å². The van der Waals surface area contributed by atoms with Crippen molar-refractivity contribution in [1.29, 1.82) is 0 Å². The van der Waals surface area contributed by atoms with Gasteiger partial charge in [0.25, 0.3) is 0 Å². The fourth-order valence-electron chi connectivity index (χ4n) is 1.24. The molecule has 1 heterocycles. The number of aromatic nitrogens is 2. The lowest BCUT2D eigenvalue weighted by molar-refractivity contribution is 1.03. The summed E-state index contributed by atoms with van der Waals surface area (Å²) in [6, 6.07) is 7.90. The molecule has 0 fully saturated rings. The van der Waals surface area contributed by atoms with Crippen molar-refractivity contribution in [3.8, 4) is 0 Å². The highest BCUT2D eigenvalue weighted by molar-refractivity contribution is 6.11. The molecule has 0 radical (unpaired) electrons. The van der Waals surface area contributed by atoms with Gasteiger partial charge in [-0.15, -0.1) is 0 Å². The lowest BCUT2D eigenvalue weighted by atomic mass is 10.2. The standard InChI is InChI=1S/C7H8BN3/c8-11-6-4-2-1-3-5(6)7(9)10-11/h1-4H,8H2,(H2,9,10). The highest BCUT2D eigenvalue weighted by Crippen LogP contribution is 2.17. The number of nitrogens with two attached hydrogens (primary N) is 1. The molecule has 4 heteroatoms. The van der Waals surface area contributed by atoms with Gasteiger partial charge in [0.05, 0.1) is 5.52 Å². The van der Waals surface area contributed by atoms with Crippen molar-refractivity contribution in [3.05, 3.63) is 24.3 Å². The number of nitrogens with zero attached hydrogens (tertiary/aromatic N) is 2. The number of anilines is 1. The van der Waals surface area contributed by atoms with Gasteiger partial charge in [0.15, 0.2) is 5.82 Å². The molecule has 0 spiro atoms. The quantitative estimate of drug-likeness (QED) is 0.530. The molecule has 2 N–H and O–H groups in total. The number of hydrogen-bond acceptors (Lipinski definition) is 2. The van der Waals surface area contributed by atoms with Crippen LogP contribution in [0.4, 0.5) is 5.82 Å². The minimum Gasteiger partial charge on any atom is -0.382 e. The molecule has 0 unspecified atom stereocenters. The molecular weight excluding hydrogens is 137 g/mol. The smallest absolute Gasteiger partial charge is 0.249 e. The van der Waals surface area contributed by atoms with Crippen LogP contribution in [0.25, 0.3) is 10.9 Å². The summed E-state index contributed by atoms with van der Waals surface area (Å²) in [4.78, 5) is 0. The number of benzene rings is 1. The first-order valence-electron chi connectivity index (χ1n) is 3.46. The van der Waals surface area contributed by atoms with Crippen molar-refractivity contribution in [2.45, 2.75) is 0 Å². The van der Waals surface area contributed by atoms with Crippen LogP contribution >= 0.6 is 0 Å². The van der Waals surface area contributed by atoms with E-state index >= 15 is 0 Å². The Morgan fingerprint density at radius 1 is 1.36 bits per heavy atom. The minimum absolute atomic E-state index is 0.600. The molecule has 0 saturated carbocycles. The van der Waals surface area contributed by atoms with E-state index in [1.54, 1.807) is 4.59 Å². The molecule has 1 aromatic carbocycles. The van der Waals surface area contributed by atoms with E-state index in [-0.39, 0.29) is 0 Å². The Morgan fingerprint density at radius 2 is 2.09 bits per heavy atom. The van der Waals surface area contributed by atoms with E-state index in [1.165, 1.54) is 0 Å². The second kappa shape index (κ2) is 2.02. The molecule has 0 amide bonds.